The Morgan fingerprint density at radius 3 is 2.58 bits per heavy atom. The fraction of sp³-hybridized carbons (Fsp3) is 0.250. The molecule has 0 aliphatic rings. The second-order valence-corrected chi connectivity index (χ2v) is 5.01. The number of hydrogen-bond donors (Lipinski definition) is 0. The fourth-order valence-electron chi connectivity index (χ4n) is 2.13. The first-order chi connectivity index (χ1) is 9.04. The Bertz CT molecular complexity index is 595. The number of rotatable bonds is 3. The van der Waals surface area contributed by atoms with E-state index >= 15 is 0 Å². The third-order valence-electron chi connectivity index (χ3n) is 3.19. The average molecular weight is 279 g/mol. The van der Waals surface area contributed by atoms with Gasteiger partial charge in [0.25, 0.3) is 0 Å². The molecule has 1 nitrogen and oxygen atoms in total. The molecule has 0 spiro atoms. The number of hydrogen-bond acceptors (Lipinski definition) is 1. The fourth-order valence-corrected chi connectivity index (χ4v) is 2.58. The summed E-state index contributed by atoms with van der Waals surface area (Å²) in [5.74, 6) is 0.126. The Kier molecular flexibility index (Phi) is 4.11. The van der Waals surface area contributed by atoms with Crippen molar-refractivity contribution in [3.05, 3.63) is 64.5 Å². The standard InChI is InChI=1S/C16H16ClFO/c1-10-7-8-11(2)12(9-10)16(17)15-13(18)5-4-6-14(15)19-3/h4-9,16H,1-3H3. The summed E-state index contributed by atoms with van der Waals surface area (Å²) in [5, 5.41) is -0.559. The zero-order valence-electron chi connectivity index (χ0n) is 11.2. The van der Waals surface area contributed by atoms with Crippen LogP contribution in [0.5, 0.6) is 5.75 Å². The van der Waals surface area contributed by atoms with Gasteiger partial charge in [0.05, 0.1) is 18.1 Å². The van der Waals surface area contributed by atoms with Crippen LogP contribution in [0.1, 0.15) is 27.6 Å². The molecule has 2 aromatic rings. The van der Waals surface area contributed by atoms with Gasteiger partial charge in [0.1, 0.15) is 11.6 Å². The molecule has 0 radical (unpaired) electrons. The predicted octanol–water partition coefficient (Wildman–Crippen LogP) is 4.78. The van der Waals surface area contributed by atoms with E-state index in [0.717, 1.165) is 16.7 Å². The molecule has 19 heavy (non-hydrogen) atoms. The maximum absolute atomic E-state index is 14.0. The highest BCUT2D eigenvalue weighted by atomic mass is 35.5. The van der Waals surface area contributed by atoms with Gasteiger partial charge in [-0.15, -0.1) is 11.6 Å². The van der Waals surface area contributed by atoms with E-state index in [0.29, 0.717) is 11.3 Å². The molecular formula is C16H16ClFO. The number of halogens is 2. The smallest absolute Gasteiger partial charge is 0.131 e. The molecule has 2 aromatic carbocycles. The van der Waals surface area contributed by atoms with Crippen LogP contribution in [0.25, 0.3) is 0 Å². The molecule has 1 unspecified atom stereocenters. The summed E-state index contributed by atoms with van der Waals surface area (Å²) in [6.45, 7) is 3.96. The number of alkyl halides is 1. The van der Waals surface area contributed by atoms with E-state index in [4.69, 9.17) is 16.3 Å². The molecule has 0 saturated heterocycles. The van der Waals surface area contributed by atoms with E-state index < -0.39 is 5.38 Å². The summed E-state index contributed by atoms with van der Waals surface area (Å²) in [5.41, 5.74) is 3.43. The molecule has 0 N–H and O–H groups in total. The van der Waals surface area contributed by atoms with Crippen molar-refractivity contribution in [2.45, 2.75) is 19.2 Å². The maximum atomic E-state index is 14.0. The molecular weight excluding hydrogens is 263 g/mol. The Morgan fingerprint density at radius 2 is 1.89 bits per heavy atom. The molecule has 0 aromatic heterocycles. The molecule has 0 fully saturated rings. The Balaban J connectivity index is 2.55. The SMILES string of the molecule is COc1cccc(F)c1C(Cl)c1cc(C)ccc1C. The lowest BCUT2D eigenvalue weighted by Gasteiger charge is -2.17. The summed E-state index contributed by atoms with van der Waals surface area (Å²) >= 11 is 6.48. The maximum Gasteiger partial charge on any atom is 0.131 e. The largest absolute Gasteiger partial charge is 0.496 e. The highest BCUT2D eigenvalue weighted by Gasteiger charge is 2.21. The predicted molar refractivity (Wildman–Crippen MR) is 76.6 cm³/mol. The first kappa shape index (κ1) is 13.9. The van der Waals surface area contributed by atoms with Gasteiger partial charge in [-0.05, 0) is 37.1 Å². The van der Waals surface area contributed by atoms with Crippen LogP contribution in [0.15, 0.2) is 36.4 Å². The normalized spacial score (nSPS) is 12.3. The monoisotopic (exact) mass is 278 g/mol. The van der Waals surface area contributed by atoms with Crippen molar-refractivity contribution >= 4 is 11.6 Å². The van der Waals surface area contributed by atoms with Crippen LogP contribution in [-0.2, 0) is 0 Å². The lowest BCUT2D eigenvalue weighted by Crippen LogP contribution is -2.03. The van der Waals surface area contributed by atoms with E-state index in [2.05, 4.69) is 0 Å². The molecule has 100 valence electrons. The van der Waals surface area contributed by atoms with E-state index in [-0.39, 0.29) is 5.82 Å². The van der Waals surface area contributed by atoms with Gasteiger partial charge in [0.15, 0.2) is 0 Å². The van der Waals surface area contributed by atoms with Gasteiger partial charge in [0.2, 0.25) is 0 Å². The Morgan fingerprint density at radius 1 is 1.16 bits per heavy atom. The summed E-state index contributed by atoms with van der Waals surface area (Å²) in [6, 6.07) is 10.7. The van der Waals surface area contributed by atoms with Crippen LogP contribution < -0.4 is 4.74 Å². The van der Waals surface area contributed by atoms with Crippen molar-refractivity contribution in [2.75, 3.05) is 7.11 Å². The number of benzene rings is 2. The van der Waals surface area contributed by atoms with Gasteiger partial charge in [-0.2, -0.15) is 0 Å². The Hall–Kier alpha value is -1.54. The van der Waals surface area contributed by atoms with Crippen molar-refractivity contribution in [3.8, 4) is 5.75 Å². The third kappa shape index (κ3) is 2.74. The Labute approximate surface area is 118 Å². The minimum absolute atomic E-state index is 0.347. The van der Waals surface area contributed by atoms with Crippen LogP contribution in [0.2, 0.25) is 0 Å². The van der Waals surface area contributed by atoms with Crippen LogP contribution in [0.3, 0.4) is 0 Å². The van der Waals surface area contributed by atoms with Crippen molar-refractivity contribution in [1.29, 1.82) is 0 Å². The molecule has 0 saturated carbocycles. The molecule has 0 heterocycles. The summed E-state index contributed by atoms with van der Waals surface area (Å²) in [7, 11) is 1.52. The van der Waals surface area contributed by atoms with Gasteiger partial charge in [-0.3, -0.25) is 0 Å². The molecule has 0 amide bonds. The van der Waals surface area contributed by atoms with Gasteiger partial charge < -0.3 is 4.74 Å². The lowest BCUT2D eigenvalue weighted by atomic mass is 9.97. The van der Waals surface area contributed by atoms with E-state index in [1.54, 1.807) is 12.1 Å². The van der Waals surface area contributed by atoms with Gasteiger partial charge in [-0.25, -0.2) is 4.39 Å². The molecule has 0 aliphatic carbocycles. The molecule has 1 atom stereocenters. The lowest BCUT2D eigenvalue weighted by molar-refractivity contribution is 0.405. The van der Waals surface area contributed by atoms with Crippen molar-refractivity contribution < 1.29 is 9.13 Å². The zero-order valence-corrected chi connectivity index (χ0v) is 12.0. The highest BCUT2D eigenvalue weighted by Crippen LogP contribution is 2.38. The van der Waals surface area contributed by atoms with Crippen molar-refractivity contribution in [3.63, 3.8) is 0 Å². The third-order valence-corrected chi connectivity index (χ3v) is 3.65. The van der Waals surface area contributed by atoms with E-state index in [1.165, 1.54) is 13.2 Å². The first-order valence-electron chi connectivity index (χ1n) is 6.08. The summed E-state index contributed by atoms with van der Waals surface area (Å²) < 4.78 is 19.3. The van der Waals surface area contributed by atoms with E-state index in [9.17, 15) is 4.39 Å². The quantitative estimate of drug-likeness (QED) is 0.734. The highest BCUT2D eigenvalue weighted by molar-refractivity contribution is 6.23. The summed E-state index contributed by atoms with van der Waals surface area (Å²) in [4.78, 5) is 0. The number of ether oxygens (including phenoxy) is 1. The second kappa shape index (κ2) is 5.62. The first-order valence-corrected chi connectivity index (χ1v) is 6.52. The van der Waals surface area contributed by atoms with Crippen molar-refractivity contribution in [1.82, 2.24) is 0 Å². The van der Waals surface area contributed by atoms with Crippen LogP contribution in [0.4, 0.5) is 4.39 Å². The van der Waals surface area contributed by atoms with Crippen LogP contribution >= 0.6 is 11.6 Å². The molecule has 2 rings (SSSR count). The minimum Gasteiger partial charge on any atom is -0.496 e. The second-order valence-electron chi connectivity index (χ2n) is 4.58. The molecule has 0 bridgehead atoms. The molecule has 0 aliphatic heterocycles. The van der Waals surface area contributed by atoms with E-state index in [1.807, 2.05) is 32.0 Å². The van der Waals surface area contributed by atoms with Crippen molar-refractivity contribution in [2.24, 2.45) is 0 Å². The van der Waals surface area contributed by atoms with Gasteiger partial charge in [0, 0.05) is 0 Å². The van der Waals surface area contributed by atoms with Crippen LogP contribution in [-0.4, -0.2) is 7.11 Å². The minimum atomic E-state index is -0.559. The zero-order chi connectivity index (χ0) is 14.0. The van der Waals surface area contributed by atoms with Gasteiger partial charge in [-0.1, -0.05) is 29.8 Å². The topological polar surface area (TPSA) is 9.23 Å². The number of methoxy groups -OCH3 is 1. The number of aryl methyl sites for hydroxylation is 2. The molecule has 3 heteroatoms. The average Bonchev–Trinajstić information content (AvgIpc) is 2.40. The summed E-state index contributed by atoms with van der Waals surface area (Å²) in [6.07, 6.45) is 0. The van der Waals surface area contributed by atoms with Gasteiger partial charge >= 0.3 is 0 Å². The van der Waals surface area contributed by atoms with Crippen LogP contribution in [0, 0.1) is 19.7 Å².